The lowest BCUT2D eigenvalue weighted by Crippen LogP contribution is -2.44. The van der Waals surface area contributed by atoms with Crippen LogP contribution in [0.15, 0.2) is 60.8 Å². The highest BCUT2D eigenvalue weighted by Crippen LogP contribution is 2.26. The van der Waals surface area contributed by atoms with E-state index in [9.17, 15) is 14.9 Å². The number of para-hydroxylation sites is 1. The van der Waals surface area contributed by atoms with Crippen molar-refractivity contribution in [3.8, 4) is 16.9 Å². The molecule has 0 radical (unpaired) electrons. The normalized spacial score (nSPS) is 15.9. The number of rotatable bonds is 6. The summed E-state index contributed by atoms with van der Waals surface area (Å²) in [7, 11) is 0. The van der Waals surface area contributed by atoms with E-state index in [0.717, 1.165) is 24.2 Å². The first-order valence-corrected chi connectivity index (χ1v) is 9.27. The van der Waals surface area contributed by atoms with E-state index in [-0.39, 0.29) is 24.2 Å². The molecule has 9 heteroatoms. The van der Waals surface area contributed by atoms with Crippen LogP contribution in [0.5, 0.6) is 0 Å². The molecule has 0 aliphatic carbocycles. The van der Waals surface area contributed by atoms with Crippen molar-refractivity contribution in [1.29, 1.82) is 0 Å². The number of nitro groups is 1. The molecule has 1 fully saturated rings. The first-order chi connectivity index (χ1) is 14.1. The molecule has 0 saturated carbocycles. The lowest BCUT2D eigenvalue weighted by Gasteiger charge is -2.11. The molecular formula is C20H20N6O3. The van der Waals surface area contributed by atoms with Crippen molar-refractivity contribution in [1.82, 2.24) is 25.9 Å². The topological polar surface area (TPSA) is 114 Å². The number of nitro benzene ring substituents is 1. The average Bonchev–Trinajstić information content (AvgIpc) is 3.39. The Morgan fingerprint density at radius 3 is 2.62 bits per heavy atom. The van der Waals surface area contributed by atoms with Crippen LogP contribution >= 0.6 is 0 Å². The van der Waals surface area contributed by atoms with Crippen molar-refractivity contribution in [3.63, 3.8) is 0 Å². The minimum absolute atomic E-state index is 0.00958. The fourth-order valence-corrected chi connectivity index (χ4v) is 3.25. The maximum atomic E-state index is 12.5. The molecule has 1 saturated heterocycles. The second-order valence-electron chi connectivity index (χ2n) is 6.74. The summed E-state index contributed by atoms with van der Waals surface area (Å²) in [5, 5.41) is 18.5. The minimum Gasteiger partial charge on any atom is -0.339 e. The number of hydrogen-bond acceptors (Lipinski definition) is 6. The summed E-state index contributed by atoms with van der Waals surface area (Å²) in [6.07, 6.45) is 2.68. The lowest BCUT2D eigenvalue weighted by atomic mass is 10.1. The van der Waals surface area contributed by atoms with Gasteiger partial charge in [-0.25, -0.2) is 10.1 Å². The van der Waals surface area contributed by atoms with Crippen LogP contribution in [0.2, 0.25) is 0 Å². The Kier molecular flexibility index (Phi) is 5.32. The van der Waals surface area contributed by atoms with Crippen molar-refractivity contribution in [2.75, 3.05) is 6.54 Å². The number of hydrogen-bond donors (Lipinski definition) is 3. The summed E-state index contributed by atoms with van der Waals surface area (Å²) < 4.78 is 1.72. The van der Waals surface area contributed by atoms with Crippen LogP contribution in [0.4, 0.5) is 5.69 Å². The zero-order valence-corrected chi connectivity index (χ0v) is 15.5. The molecule has 3 N–H and O–H groups in total. The van der Waals surface area contributed by atoms with Gasteiger partial charge >= 0.3 is 0 Å². The molecule has 9 nitrogen and oxygen atoms in total. The van der Waals surface area contributed by atoms with E-state index in [2.05, 4.69) is 21.3 Å². The van der Waals surface area contributed by atoms with Gasteiger partial charge in [-0.1, -0.05) is 18.2 Å². The van der Waals surface area contributed by atoms with E-state index in [1.807, 2.05) is 36.5 Å². The molecule has 1 unspecified atom stereocenters. The average molecular weight is 392 g/mol. The Balaban J connectivity index is 1.65. The summed E-state index contributed by atoms with van der Waals surface area (Å²) in [6, 6.07) is 15.8. The Hall–Kier alpha value is -3.56. The summed E-state index contributed by atoms with van der Waals surface area (Å²) in [4.78, 5) is 23.0. The third kappa shape index (κ3) is 4.31. The van der Waals surface area contributed by atoms with Gasteiger partial charge in [0.05, 0.1) is 28.9 Å². The molecule has 0 bridgehead atoms. The van der Waals surface area contributed by atoms with E-state index in [0.29, 0.717) is 11.3 Å². The summed E-state index contributed by atoms with van der Waals surface area (Å²) in [5.41, 5.74) is 8.94. The highest BCUT2D eigenvalue weighted by atomic mass is 16.6. The number of hydrazine groups is 1. The number of carbonyl (C=O) groups excluding carboxylic acids is 1. The monoisotopic (exact) mass is 392 g/mol. The van der Waals surface area contributed by atoms with Gasteiger partial charge in [-0.3, -0.25) is 20.3 Å². The number of nitrogens with one attached hydrogen (secondary N) is 3. The fraction of sp³-hybridized carbons (Fsp3) is 0.200. The van der Waals surface area contributed by atoms with Crippen LogP contribution in [0, 0.1) is 10.1 Å². The highest BCUT2D eigenvalue weighted by molar-refractivity contribution is 5.81. The molecule has 0 spiro atoms. The van der Waals surface area contributed by atoms with Crippen LogP contribution in [0.25, 0.3) is 16.9 Å². The predicted molar refractivity (Wildman–Crippen MR) is 107 cm³/mol. The second kappa shape index (κ2) is 8.21. The molecule has 1 atom stereocenters. The molecule has 2 aromatic carbocycles. The van der Waals surface area contributed by atoms with Crippen LogP contribution in [-0.4, -0.2) is 33.3 Å². The standard InChI is InChI=1S/C20H20N6O3/c27-19(22-18-10-11-21-23-18)12-15-13-25(16-4-2-1-3-5-16)24-20(15)14-6-8-17(9-7-14)26(28)29/h1-9,13,18,21,23H,10-12H2,(H,22,27). The van der Waals surface area contributed by atoms with Crippen molar-refractivity contribution >= 4 is 11.6 Å². The van der Waals surface area contributed by atoms with Gasteiger partial charge in [0, 0.05) is 36.0 Å². The summed E-state index contributed by atoms with van der Waals surface area (Å²) in [5.74, 6) is -0.123. The maximum Gasteiger partial charge on any atom is 0.269 e. The Labute approximate surface area is 166 Å². The van der Waals surface area contributed by atoms with Gasteiger partial charge in [-0.15, -0.1) is 0 Å². The van der Waals surface area contributed by atoms with Gasteiger partial charge in [-0.05, 0) is 30.7 Å². The number of nitrogens with zero attached hydrogens (tertiary/aromatic N) is 3. The first-order valence-electron chi connectivity index (χ1n) is 9.27. The summed E-state index contributed by atoms with van der Waals surface area (Å²) in [6.45, 7) is 0.797. The van der Waals surface area contributed by atoms with Gasteiger partial charge in [0.25, 0.3) is 5.69 Å². The highest BCUT2D eigenvalue weighted by Gasteiger charge is 2.20. The molecule has 29 heavy (non-hydrogen) atoms. The third-order valence-electron chi connectivity index (χ3n) is 4.68. The quantitative estimate of drug-likeness (QED) is 0.436. The molecule has 4 rings (SSSR count). The van der Waals surface area contributed by atoms with Gasteiger partial charge in [0.15, 0.2) is 0 Å². The zero-order valence-electron chi connectivity index (χ0n) is 15.5. The Morgan fingerprint density at radius 2 is 1.97 bits per heavy atom. The molecular weight excluding hydrogens is 372 g/mol. The maximum absolute atomic E-state index is 12.5. The number of carbonyl (C=O) groups is 1. The van der Waals surface area contributed by atoms with Gasteiger partial charge in [0.1, 0.15) is 0 Å². The predicted octanol–water partition coefficient (Wildman–Crippen LogP) is 1.93. The van der Waals surface area contributed by atoms with Crippen LogP contribution in [-0.2, 0) is 11.2 Å². The van der Waals surface area contributed by atoms with Crippen LogP contribution in [0.3, 0.4) is 0 Å². The Morgan fingerprint density at radius 1 is 1.21 bits per heavy atom. The van der Waals surface area contributed by atoms with Crippen molar-refractivity contribution in [2.24, 2.45) is 0 Å². The van der Waals surface area contributed by atoms with Crippen LogP contribution in [0.1, 0.15) is 12.0 Å². The molecule has 1 aliphatic heterocycles. The molecule has 3 aromatic rings. The van der Waals surface area contributed by atoms with Crippen molar-refractivity contribution in [2.45, 2.75) is 19.0 Å². The number of amides is 1. The smallest absolute Gasteiger partial charge is 0.269 e. The Bertz CT molecular complexity index is 1010. The van der Waals surface area contributed by atoms with E-state index in [4.69, 9.17) is 0 Å². The van der Waals surface area contributed by atoms with E-state index in [1.165, 1.54) is 12.1 Å². The van der Waals surface area contributed by atoms with E-state index < -0.39 is 4.92 Å². The van der Waals surface area contributed by atoms with Crippen molar-refractivity contribution in [3.05, 3.63) is 76.5 Å². The second-order valence-corrected chi connectivity index (χ2v) is 6.74. The van der Waals surface area contributed by atoms with Gasteiger partial charge < -0.3 is 5.32 Å². The third-order valence-corrected chi connectivity index (χ3v) is 4.68. The first kappa shape index (κ1) is 18.8. The number of benzene rings is 2. The largest absolute Gasteiger partial charge is 0.339 e. The van der Waals surface area contributed by atoms with Crippen LogP contribution < -0.4 is 16.2 Å². The fourth-order valence-electron chi connectivity index (χ4n) is 3.25. The lowest BCUT2D eigenvalue weighted by molar-refractivity contribution is -0.384. The van der Waals surface area contributed by atoms with E-state index in [1.54, 1.807) is 16.8 Å². The molecule has 148 valence electrons. The summed E-state index contributed by atoms with van der Waals surface area (Å²) >= 11 is 0. The SMILES string of the molecule is O=C(Cc1cn(-c2ccccc2)nc1-c1ccc([N+](=O)[O-])cc1)NC1CCNN1. The number of aromatic nitrogens is 2. The van der Waals surface area contributed by atoms with Crippen molar-refractivity contribution < 1.29 is 9.72 Å². The van der Waals surface area contributed by atoms with E-state index >= 15 is 0 Å². The minimum atomic E-state index is -0.441. The molecule has 2 heterocycles. The number of non-ortho nitro benzene ring substituents is 1. The molecule has 1 aliphatic rings. The molecule has 1 aromatic heterocycles. The molecule has 1 amide bonds. The van der Waals surface area contributed by atoms with Gasteiger partial charge in [0.2, 0.25) is 5.91 Å². The zero-order chi connectivity index (χ0) is 20.2. The van der Waals surface area contributed by atoms with Gasteiger partial charge in [-0.2, -0.15) is 5.10 Å².